The number of benzene rings is 2. The molecule has 0 saturated carbocycles. The first-order chi connectivity index (χ1) is 13.7. The van der Waals surface area contributed by atoms with Crippen molar-refractivity contribution in [2.24, 2.45) is 4.99 Å². The van der Waals surface area contributed by atoms with Crippen LogP contribution in [0.3, 0.4) is 0 Å². The predicted octanol–water partition coefficient (Wildman–Crippen LogP) is 4.06. The Balaban J connectivity index is 1.41. The molecule has 0 saturated heterocycles. The molecule has 2 aliphatic rings. The second kappa shape index (κ2) is 7.85. The van der Waals surface area contributed by atoms with Crippen LogP contribution in [0.25, 0.3) is 5.70 Å². The molecule has 2 aromatic carbocycles. The highest BCUT2D eigenvalue weighted by atomic mass is 32.2. The number of nitrogens with one attached hydrogen (secondary N) is 2. The van der Waals surface area contributed by atoms with Gasteiger partial charge in [0.15, 0.2) is 5.17 Å². The molecule has 0 bridgehead atoms. The molecule has 0 fully saturated rings. The first kappa shape index (κ1) is 18.2. The molecule has 0 radical (unpaired) electrons. The van der Waals surface area contributed by atoms with E-state index in [4.69, 9.17) is 9.47 Å². The van der Waals surface area contributed by atoms with E-state index in [1.807, 2.05) is 24.3 Å². The van der Waals surface area contributed by atoms with E-state index in [0.717, 1.165) is 29.5 Å². The molecule has 2 amide bonds. The van der Waals surface area contributed by atoms with Crippen molar-refractivity contribution in [3.05, 3.63) is 53.4 Å². The SMILES string of the molecule is COc1cc(NC(=O)Nc2ccc(C3=CSC4=NCCN34)cc2)cc(OC)c1. The quantitative estimate of drug-likeness (QED) is 0.797. The number of hydrogen-bond acceptors (Lipinski definition) is 6. The zero-order chi connectivity index (χ0) is 19.5. The van der Waals surface area contributed by atoms with Crippen LogP contribution in [-0.4, -0.2) is 43.4 Å². The summed E-state index contributed by atoms with van der Waals surface area (Å²) in [5, 5.41) is 8.80. The zero-order valence-electron chi connectivity index (χ0n) is 15.6. The molecule has 0 atom stereocenters. The standard InChI is InChI=1S/C20H20N4O3S/c1-26-16-9-15(10-17(11-16)27-2)23-19(25)22-14-5-3-13(4-6-14)18-12-28-20-21-7-8-24(18)20/h3-6,9-12H,7-8H2,1-2H3,(H2,22,23,25). The number of amides is 2. The van der Waals surface area contributed by atoms with Gasteiger partial charge in [-0.25, -0.2) is 4.79 Å². The normalized spacial score (nSPS) is 14.9. The second-order valence-electron chi connectivity index (χ2n) is 6.19. The molecule has 0 aromatic heterocycles. The average molecular weight is 396 g/mol. The number of urea groups is 1. The molecule has 28 heavy (non-hydrogen) atoms. The number of fused-ring (bicyclic) bond motifs is 1. The lowest BCUT2D eigenvalue weighted by Gasteiger charge is -2.17. The molecular weight excluding hydrogens is 376 g/mol. The summed E-state index contributed by atoms with van der Waals surface area (Å²) in [4.78, 5) is 19.0. The zero-order valence-corrected chi connectivity index (χ0v) is 16.4. The number of methoxy groups -OCH3 is 2. The molecule has 4 rings (SSSR count). The van der Waals surface area contributed by atoms with Crippen LogP contribution < -0.4 is 20.1 Å². The number of aliphatic imine (C=N–C) groups is 1. The van der Waals surface area contributed by atoms with E-state index in [0.29, 0.717) is 22.9 Å². The second-order valence-corrected chi connectivity index (χ2v) is 7.03. The van der Waals surface area contributed by atoms with Gasteiger partial charge in [-0.1, -0.05) is 23.9 Å². The van der Waals surface area contributed by atoms with Crippen LogP contribution in [0.5, 0.6) is 11.5 Å². The van der Waals surface area contributed by atoms with Crippen molar-refractivity contribution in [1.29, 1.82) is 0 Å². The van der Waals surface area contributed by atoms with Crippen molar-refractivity contribution in [1.82, 2.24) is 4.90 Å². The summed E-state index contributed by atoms with van der Waals surface area (Å²) < 4.78 is 10.4. The van der Waals surface area contributed by atoms with Gasteiger partial charge < -0.3 is 25.0 Å². The number of thioether (sulfide) groups is 1. The highest BCUT2D eigenvalue weighted by Crippen LogP contribution is 2.35. The predicted molar refractivity (Wildman–Crippen MR) is 113 cm³/mol. The van der Waals surface area contributed by atoms with Gasteiger partial charge in [0.05, 0.1) is 26.5 Å². The van der Waals surface area contributed by atoms with Crippen LogP contribution in [0.4, 0.5) is 16.2 Å². The van der Waals surface area contributed by atoms with Crippen molar-refractivity contribution < 1.29 is 14.3 Å². The minimum Gasteiger partial charge on any atom is -0.497 e. The Kier molecular flexibility index (Phi) is 5.12. The molecule has 2 N–H and O–H groups in total. The molecule has 2 aliphatic heterocycles. The van der Waals surface area contributed by atoms with Gasteiger partial charge in [0, 0.05) is 41.5 Å². The van der Waals surface area contributed by atoms with Crippen molar-refractivity contribution in [2.45, 2.75) is 0 Å². The maximum atomic E-state index is 12.3. The molecule has 2 aromatic rings. The van der Waals surface area contributed by atoms with E-state index >= 15 is 0 Å². The lowest BCUT2D eigenvalue weighted by Crippen LogP contribution is -2.20. The molecule has 2 heterocycles. The summed E-state index contributed by atoms with van der Waals surface area (Å²) in [5.41, 5.74) is 3.54. The summed E-state index contributed by atoms with van der Waals surface area (Å²) in [6.07, 6.45) is 0. The average Bonchev–Trinajstić information content (AvgIpc) is 3.32. The van der Waals surface area contributed by atoms with Gasteiger partial charge in [-0.2, -0.15) is 0 Å². The van der Waals surface area contributed by atoms with Gasteiger partial charge in [0.1, 0.15) is 11.5 Å². The van der Waals surface area contributed by atoms with E-state index in [-0.39, 0.29) is 6.03 Å². The molecule has 0 unspecified atom stereocenters. The monoisotopic (exact) mass is 396 g/mol. The molecule has 144 valence electrons. The van der Waals surface area contributed by atoms with Crippen molar-refractivity contribution >= 4 is 40.0 Å². The summed E-state index contributed by atoms with van der Waals surface area (Å²) in [6.45, 7) is 1.76. The summed E-state index contributed by atoms with van der Waals surface area (Å²) in [7, 11) is 3.13. The summed E-state index contributed by atoms with van der Waals surface area (Å²) >= 11 is 1.65. The van der Waals surface area contributed by atoms with Crippen molar-refractivity contribution in [3.8, 4) is 11.5 Å². The molecule has 8 heteroatoms. The molecule has 0 spiro atoms. The smallest absolute Gasteiger partial charge is 0.323 e. The van der Waals surface area contributed by atoms with Gasteiger partial charge >= 0.3 is 6.03 Å². The number of nitrogens with zero attached hydrogens (tertiary/aromatic N) is 2. The van der Waals surface area contributed by atoms with Crippen molar-refractivity contribution in [2.75, 3.05) is 37.9 Å². The van der Waals surface area contributed by atoms with Crippen LogP contribution in [0.2, 0.25) is 0 Å². The van der Waals surface area contributed by atoms with Gasteiger partial charge in [0.2, 0.25) is 0 Å². The van der Waals surface area contributed by atoms with Gasteiger partial charge in [0.25, 0.3) is 0 Å². The Morgan fingerprint density at radius 3 is 2.39 bits per heavy atom. The van der Waals surface area contributed by atoms with Gasteiger partial charge in [-0.05, 0) is 17.7 Å². The third-order valence-electron chi connectivity index (χ3n) is 4.42. The van der Waals surface area contributed by atoms with Crippen LogP contribution >= 0.6 is 11.8 Å². The first-order valence-corrected chi connectivity index (χ1v) is 9.64. The number of carbonyl (C=O) groups excluding carboxylic acids is 1. The fourth-order valence-corrected chi connectivity index (χ4v) is 4.01. The number of hydrogen-bond donors (Lipinski definition) is 2. The van der Waals surface area contributed by atoms with Crippen LogP contribution in [0.15, 0.2) is 52.9 Å². The maximum Gasteiger partial charge on any atom is 0.323 e. The van der Waals surface area contributed by atoms with Gasteiger partial charge in [-0.3, -0.25) is 4.99 Å². The summed E-state index contributed by atoms with van der Waals surface area (Å²) in [6, 6.07) is 12.6. The number of anilines is 2. The Labute approximate surface area is 167 Å². The van der Waals surface area contributed by atoms with E-state index in [1.54, 1.807) is 44.2 Å². The Morgan fingerprint density at radius 2 is 1.71 bits per heavy atom. The Hall–Kier alpha value is -3.13. The maximum absolute atomic E-state index is 12.3. The lowest BCUT2D eigenvalue weighted by atomic mass is 10.1. The first-order valence-electron chi connectivity index (χ1n) is 8.76. The number of rotatable bonds is 5. The Bertz CT molecular complexity index is 934. The van der Waals surface area contributed by atoms with Gasteiger partial charge in [-0.15, -0.1) is 0 Å². The fraction of sp³-hybridized carbons (Fsp3) is 0.200. The van der Waals surface area contributed by atoms with E-state index in [1.165, 1.54) is 0 Å². The lowest BCUT2D eigenvalue weighted by molar-refractivity contribution is 0.262. The molecule has 0 aliphatic carbocycles. The third kappa shape index (κ3) is 3.77. The van der Waals surface area contributed by atoms with E-state index in [9.17, 15) is 4.79 Å². The highest BCUT2D eigenvalue weighted by Gasteiger charge is 2.26. The van der Waals surface area contributed by atoms with E-state index < -0.39 is 0 Å². The van der Waals surface area contributed by atoms with Crippen LogP contribution in [0, 0.1) is 0 Å². The number of carbonyl (C=O) groups is 1. The number of ether oxygens (including phenoxy) is 2. The molecular formula is C20H20N4O3S. The minimum absolute atomic E-state index is 0.340. The minimum atomic E-state index is -0.340. The van der Waals surface area contributed by atoms with Crippen molar-refractivity contribution in [3.63, 3.8) is 0 Å². The number of amidine groups is 1. The van der Waals surface area contributed by atoms with E-state index in [2.05, 4.69) is 25.9 Å². The molecule has 7 nitrogen and oxygen atoms in total. The highest BCUT2D eigenvalue weighted by molar-refractivity contribution is 8.16. The van der Waals surface area contributed by atoms with Crippen LogP contribution in [-0.2, 0) is 0 Å². The summed E-state index contributed by atoms with van der Waals surface area (Å²) in [5.74, 6) is 1.21. The van der Waals surface area contributed by atoms with Crippen LogP contribution in [0.1, 0.15) is 5.56 Å². The third-order valence-corrected chi connectivity index (χ3v) is 5.32. The Morgan fingerprint density at radius 1 is 1.04 bits per heavy atom. The fourth-order valence-electron chi connectivity index (χ4n) is 3.04. The largest absolute Gasteiger partial charge is 0.497 e. The topological polar surface area (TPSA) is 75.2 Å².